The molecule has 0 saturated heterocycles. The van der Waals surface area contributed by atoms with Crippen LogP contribution in [0.1, 0.15) is 0 Å². The molecule has 0 atom stereocenters. The van der Waals surface area contributed by atoms with E-state index < -0.39 is 5.37 Å². The molecule has 0 spiro atoms. The predicted molar refractivity (Wildman–Crippen MR) is 62.7 cm³/mol. The Hall–Kier alpha value is -0.640. The predicted octanol–water partition coefficient (Wildman–Crippen LogP) is 3.80. The molecule has 0 aromatic heterocycles. The van der Waals surface area contributed by atoms with Gasteiger partial charge < -0.3 is 9.64 Å². The van der Waals surface area contributed by atoms with Gasteiger partial charge in [-0.05, 0) is 17.7 Å². The number of hydrogen-bond acceptors (Lipinski definition) is 2. The van der Waals surface area contributed by atoms with Crippen molar-refractivity contribution in [3.63, 3.8) is 0 Å². The van der Waals surface area contributed by atoms with Crippen LogP contribution in [0.15, 0.2) is 12.1 Å². The number of rotatable bonds is 2. The molecule has 0 N–H and O–H groups in total. The van der Waals surface area contributed by atoms with E-state index in [1.165, 1.54) is 31.2 Å². The number of benzene rings is 1. The van der Waals surface area contributed by atoms with E-state index in [0.29, 0.717) is 21.5 Å². The first-order valence-electron chi connectivity index (χ1n) is 3.93. The summed E-state index contributed by atoms with van der Waals surface area (Å²) in [5.41, 5.74) is 0.433. The molecule has 15 heavy (non-hydrogen) atoms. The Morgan fingerprint density at radius 1 is 1.33 bits per heavy atom. The average Bonchev–Trinajstić information content (AvgIpc) is 2.19. The summed E-state index contributed by atoms with van der Waals surface area (Å²) in [6.07, 6.45) is 0. The molecule has 0 bridgehead atoms. The number of anilines is 1. The van der Waals surface area contributed by atoms with Crippen LogP contribution in [-0.4, -0.2) is 19.5 Å². The van der Waals surface area contributed by atoms with Gasteiger partial charge in [0.1, 0.15) is 5.75 Å². The summed E-state index contributed by atoms with van der Waals surface area (Å²) in [5, 5.41) is 0.0625. The lowest BCUT2D eigenvalue weighted by Gasteiger charge is -2.16. The molecule has 0 aliphatic heterocycles. The van der Waals surface area contributed by atoms with Crippen molar-refractivity contribution in [2.75, 3.05) is 19.1 Å². The first-order chi connectivity index (χ1) is 6.97. The van der Waals surface area contributed by atoms with Gasteiger partial charge in [-0.2, -0.15) is 0 Å². The molecule has 0 saturated carbocycles. The quantitative estimate of drug-likeness (QED) is 0.603. The second-order valence-corrected chi connectivity index (χ2v) is 3.89. The van der Waals surface area contributed by atoms with Gasteiger partial charge >= 0.3 is 5.37 Å². The van der Waals surface area contributed by atoms with E-state index >= 15 is 0 Å². The lowest BCUT2D eigenvalue weighted by atomic mass is 10.3. The molecule has 1 rings (SSSR count). The normalized spacial score (nSPS) is 9.93. The number of hydrogen-bond donors (Lipinski definition) is 0. The van der Waals surface area contributed by atoms with Crippen LogP contribution in [0.2, 0.25) is 10.0 Å². The van der Waals surface area contributed by atoms with Crippen molar-refractivity contribution < 1.29 is 9.53 Å². The highest BCUT2D eigenvalue weighted by atomic mass is 35.5. The summed E-state index contributed by atoms with van der Waals surface area (Å²) < 4.78 is 4.97. The highest BCUT2D eigenvalue weighted by molar-refractivity contribution is 6.66. The van der Waals surface area contributed by atoms with Crippen LogP contribution in [0.25, 0.3) is 0 Å². The number of nitrogens with zero attached hydrogens (tertiary/aromatic N) is 1. The van der Waals surface area contributed by atoms with E-state index in [4.69, 9.17) is 39.5 Å². The van der Waals surface area contributed by atoms with Crippen molar-refractivity contribution in [1.29, 1.82) is 0 Å². The average molecular weight is 269 g/mol. The van der Waals surface area contributed by atoms with Crippen molar-refractivity contribution >= 4 is 45.9 Å². The molecule has 0 heterocycles. The van der Waals surface area contributed by atoms with E-state index in [-0.39, 0.29) is 0 Å². The molecular formula is C9H8Cl3NO2. The van der Waals surface area contributed by atoms with Crippen LogP contribution in [0.4, 0.5) is 10.5 Å². The molecule has 0 aliphatic carbocycles. The number of carbonyl (C=O) groups is 1. The van der Waals surface area contributed by atoms with Gasteiger partial charge in [-0.3, -0.25) is 4.79 Å². The molecule has 1 amide bonds. The zero-order valence-corrected chi connectivity index (χ0v) is 10.3. The lowest BCUT2D eigenvalue weighted by Crippen LogP contribution is -2.19. The zero-order chi connectivity index (χ0) is 11.6. The number of ether oxygens (including phenoxy) is 1. The van der Waals surface area contributed by atoms with E-state index in [2.05, 4.69) is 0 Å². The SMILES string of the molecule is COc1cc(Cl)c(N(C)C(=O)Cl)cc1Cl. The maximum atomic E-state index is 10.9. The van der Waals surface area contributed by atoms with E-state index in [9.17, 15) is 4.79 Å². The van der Waals surface area contributed by atoms with Gasteiger partial charge in [0.15, 0.2) is 0 Å². The first-order valence-corrected chi connectivity index (χ1v) is 5.07. The monoisotopic (exact) mass is 267 g/mol. The fourth-order valence-corrected chi connectivity index (χ4v) is 1.63. The molecule has 3 nitrogen and oxygen atoms in total. The summed E-state index contributed by atoms with van der Waals surface area (Å²) in [6, 6.07) is 3.04. The molecule has 0 fully saturated rings. The molecule has 6 heteroatoms. The van der Waals surface area contributed by atoms with Crippen molar-refractivity contribution in [2.24, 2.45) is 0 Å². The molecular weight excluding hydrogens is 260 g/mol. The lowest BCUT2D eigenvalue weighted by molar-refractivity contribution is 0.265. The zero-order valence-electron chi connectivity index (χ0n) is 8.05. The minimum Gasteiger partial charge on any atom is -0.495 e. The number of carbonyl (C=O) groups excluding carboxylic acids is 1. The van der Waals surface area contributed by atoms with Crippen molar-refractivity contribution in [2.45, 2.75) is 0 Å². The topological polar surface area (TPSA) is 29.5 Å². The third kappa shape index (κ3) is 2.68. The Morgan fingerprint density at radius 2 is 1.93 bits per heavy atom. The third-order valence-corrected chi connectivity index (χ3v) is 2.70. The second kappa shape index (κ2) is 4.92. The van der Waals surface area contributed by atoms with Crippen LogP contribution in [0.5, 0.6) is 5.75 Å². The summed E-state index contributed by atoms with van der Waals surface area (Å²) in [4.78, 5) is 12.1. The molecule has 0 aliphatic rings. The van der Waals surface area contributed by atoms with Gasteiger partial charge in [-0.25, -0.2) is 0 Å². The molecule has 0 unspecified atom stereocenters. The van der Waals surface area contributed by atoms with Crippen LogP contribution < -0.4 is 9.64 Å². The molecule has 0 radical (unpaired) electrons. The minimum absolute atomic E-state index is 0.341. The second-order valence-electron chi connectivity index (χ2n) is 2.75. The van der Waals surface area contributed by atoms with Gasteiger partial charge in [0, 0.05) is 13.1 Å². The first kappa shape index (κ1) is 12.4. The molecule has 1 aromatic carbocycles. The van der Waals surface area contributed by atoms with Crippen LogP contribution in [0.3, 0.4) is 0 Å². The summed E-state index contributed by atoms with van der Waals surface area (Å²) >= 11 is 17.1. The Morgan fingerprint density at radius 3 is 2.40 bits per heavy atom. The Labute approximate surface area is 102 Å². The van der Waals surface area contributed by atoms with E-state index in [1.54, 1.807) is 0 Å². The Kier molecular flexibility index (Phi) is 4.08. The Balaban J connectivity index is 3.21. The van der Waals surface area contributed by atoms with Crippen LogP contribution in [-0.2, 0) is 0 Å². The smallest absolute Gasteiger partial charge is 0.320 e. The van der Waals surface area contributed by atoms with Gasteiger partial charge in [0.05, 0.1) is 22.8 Å². The highest BCUT2D eigenvalue weighted by Gasteiger charge is 2.14. The maximum absolute atomic E-state index is 10.9. The van der Waals surface area contributed by atoms with Gasteiger partial charge in [-0.1, -0.05) is 23.2 Å². The van der Waals surface area contributed by atoms with Gasteiger partial charge in [-0.15, -0.1) is 0 Å². The number of amides is 1. The maximum Gasteiger partial charge on any atom is 0.320 e. The van der Waals surface area contributed by atoms with Crippen LogP contribution in [0, 0.1) is 0 Å². The van der Waals surface area contributed by atoms with Crippen molar-refractivity contribution in [3.05, 3.63) is 22.2 Å². The largest absolute Gasteiger partial charge is 0.495 e. The fraction of sp³-hybridized carbons (Fsp3) is 0.222. The van der Waals surface area contributed by atoms with E-state index in [1.807, 2.05) is 0 Å². The minimum atomic E-state index is -0.641. The van der Waals surface area contributed by atoms with E-state index in [0.717, 1.165) is 0 Å². The van der Waals surface area contributed by atoms with Gasteiger partial charge in [0.2, 0.25) is 0 Å². The van der Waals surface area contributed by atoms with Crippen molar-refractivity contribution in [1.82, 2.24) is 0 Å². The molecule has 82 valence electrons. The summed E-state index contributed by atoms with van der Waals surface area (Å²) in [6.45, 7) is 0. The van der Waals surface area contributed by atoms with Gasteiger partial charge in [0.25, 0.3) is 0 Å². The third-order valence-electron chi connectivity index (χ3n) is 1.85. The fourth-order valence-electron chi connectivity index (χ4n) is 1.03. The summed E-state index contributed by atoms with van der Waals surface area (Å²) in [7, 11) is 2.98. The number of methoxy groups -OCH3 is 1. The molecule has 1 aromatic rings. The Bertz CT molecular complexity index is 395. The van der Waals surface area contributed by atoms with Crippen LogP contribution >= 0.6 is 34.8 Å². The standard InChI is InChI=1S/C9H8Cl3NO2/c1-13(9(12)14)7-3-6(11)8(15-2)4-5(7)10/h3-4H,1-2H3. The highest BCUT2D eigenvalue weighted by Crippen LogP contribution is 2.35. The number of halogens is 3. The van der Waals surface area contributed by atoms with Crippen molar-refractivity contribution in [3.8, 4) is 5.75 Å². The summed E-state index contributed by atoms with van der Waals surface area (Å²) in [5.74, 6) is 0.445.